The van der Waals surface area contributed by atoms with Gasteiger partial charge in [-0.1, -0.05) is 23.4 Å². The number of nitrogens with zero attached hydrogens (tertiary/aromatic N) is 3. The average molecular weight is 402 g/mol. The lowest BCUT2D eigenvalue weighted by Crippen LogP contribution is -1.95. The first-order chi connectivity index (χ1) is 12.7. The van der Waals surface area contributed by atoms with Gasteiger partial charge in [-0.3, -0.25) is 4.57 Å². The van der Waals surface area contributed by atoms with Gasteiger partial charge in [-0.25, -0.2) is 14.4 Å². The van der Waals surface area contributed by atoms with Crippen LogP contribution in [-0.2, 0) is 5.75 Å². The highest BCUT2D eigenvalue weighted by Gasteiger charge is 2.09. The van der Waals surface area contributed by atoms with Gasteiger partial charge in [0.05, 0.1) is 5.69 Å². The largest absolute Gasteiger partial charge is 0.295 e. The summed E-state index contributed by atoms with van der Waals surface area (Å²) in [7, 11) is 0. The molecule has 3 nitrogen and oxygen atoms in total. The molecule has 26 heavy (non-hydrogen) atoms. The fourth-order valence-corrected chi connectivity index (χ4v) is 4.35. The Morgan fingerprint density at radius 1 is 1.08 bits per heavy atom. The van der Waals surface area contributed by atoms with Crippen LogP contribution < -0.4 is 0 Å². The Labute approximate surface area is 163 Å². The molecule has 0 aliphatic rings. The van der Waals surface area contributed by atoms with Crippen LogP contribution in [0.2, 0.25) is 5.02 Å². The van der Waals surface area contributed by atoms with Gasteiger partial charge in [-0.05, 0) is 48.5 Å². The summed E-state index contributed by atoms with van der Waals surface area (Å²) in [5.41, 5.74) is 2.92. The van der Waals surface area contributed by atoms with Crippen molar-refractivity contribution < 1.29 is 4.39 Å². The molecule has 0 aliphatic carbocycles. The summed E-state index contributed by atoms with van der Waals surface area (Å²) in [5.74, 6) is 0.470. The number of imidazole rings is 1. The number of halogens is 2. The molecular weight excluding hydrogens is 389 g/mol. The Kier molecular flexibility index (Phi) is 5.06. The van der Waals surface area contributed by atoms with E-state index in [1.807, 2.05) is 40.4 Å². The third-order valence-corrected chi connectivity index (χ3v) is 5.90. The van der Waals surface area contributed by atoms with Crippen molar-refractivity contribution in [2.75, 3.05) is 0 Å². The molecule has 0 radical (unpaired) electrons. The van der Waals surface area contributed by atoms with E-state index >= 15 is 0 Å². The maximum atomic E-state index is 13.0. The third-order valence-electron chi connectivity index (χ3n) is 3.70. The summed E-state index contributed by atoms with van der Waals surface area (Å²) < 4.78 is 15.1. The quantitative estimate of drug-likeness (QED) is 0.379. The first-order valence-corrected chi connectivity index (χ1v) is 10.1. The number of rotatable bonds is 5. The predicted octanol–water partition coefficient (Wildman–Crippen LogP) is 6.08. The molecule has 2 heterocycles. The lowest BCUT2D eigenvalue weighted by molar-refractivity contribution is 0.628. The normalized spacial score (nSPS) is 11.0. The molecule has 0 aliphatic heterocycles. The first-order valence-electron chi connectivity index (χ1n) is 7.81. The summed E-state index contributed by atoms with van der Waals surface area (Å²) >= 11 is 9.14. The maximum absolute atomic E-state index is 13.0. The number of thioether (sulfide) groups is 1. The maximum Gasteiger partial charge on any atom is 0.172 e. The molecule has 0 amide bonds. The molecule has 2 aromatic carbocycles. The highest BCUT2D eigenvalue weighted by Crippen LogP contribution is 2.28. The van der Waals surface area contributed by atoms with E-state index in [-0.39, 0.29) is 5.82 Å². The van der Waals surface area contributed by atoms with Crippen molar-refractivity contribution in [1.82, 2.24) is 14.5 Å². The summed E-state index contributed by atoms with van der Waals surface area (Å²) in [6, 6.07) is 14.0. The zero-order valence-corrected chi connectivity index (χ0v) is 15.9. The number of hydrogen-bond acceptors (Lipinski definition) is 4. The number of benzene rings is 2. The molecule has 0 bridgehead atoms. The van der Waals surface area contributed by atoms with Crippen LogP contribution in [0.1, 0.15) is 5.69 Å². The molecular formula is C19H13ClFN3S2. The second-order valence-electron chi connectivity index (χ2n) is 5.50. The Balaban J connectivity index is 1.48. The van der Waals surface area contributed by atoms with Crippen LogP contribution >= 0.6 is 34.7 Å². The Morgan fingerprint density at radius 2 is 1.85 bits per heavy atom. The smallest absolute Gasteiger partial charge is 0.172 e. The van der Waals surface area contributed by atoms with Crippen LogP contribution in [0, 0.1) is 5.82 Å². The van der Waals surface area contributed by atoms with E-state index in [0.29, 0.717) is 10.8 Å². The van der Waals surface area contributed by atoms with Gasteiger partial charge in [0, 0.05) is 39.8 Å². The lowest BCUT2D eigenvalue weighted by Gasteiger charge is -2.06. The summed E-state index contributed by atoms with van der Waals surface area (Å²) in [6.45, 7) is 0. The van der Waals surface area contributed by atoms with Gasteiger partial charge in [0.25, 0.3) is 0 Å². The van der Waals surface area contributed by atoms with Crippen LogP contribution in [0.3, 0.4) is 0 Å². The lowest BCUT2D eigenvalue weighted by atomic mass is 10.2. The van der Waals surface area contributed by atoms with E-state index < -0.39 is 0 Å². The second-order valence-corrected chi connectivity index (χ2v) is 7.73. The molecule has 130 valence electrons. The van der Waals surface area contributed by atoms with Gasteiger partial charge in [0.2, 0.25) is 0 Å². The fraction of sp³-hybridized carbons (Fsp3) is 0.0526. The standard InChI is InChI=1S/C19H13ClFN3S2/c20-14-3-7-17(8-4-14)24-10-9-22-19(24)26-12-16-11-25-18(23-16)13-1-5-15(21)6-2-13/h1-11H,12H2. The molecule has 4 rings (SSSR count). The van der Waals surface area contributed by atoms with Crippen LogP contribution in [0.25, 0.3) is 16.3 Å². The third kappa shape index (κ3) is 3.82. The molecule has 4 aromatic rings. The zero-order valence-electron chi connectivity index (χ0n) is 13.5. The van der Waals surface area contributed by atoms with E-state index in [1.54, 1.807) is 41.4 Å². The van der Waals surface area contributed by atoms with Crippen LogP contribution in [-0.4, -0.2) is 14.5 Å². The minimum Gasteiger partial charge on any atom is -0.295 e. The van der Waals surface area contributed by atoms with E-state index in [4.69, 9.17) is 11.6 Å². The van der Waals surface area contributed by atoms with Crippen LogP contribution in [0.4, 0.5) is 4.39 Å². The fourth-order valence-electron chi connectivity index (χ4n) is 2.43. The van der Waals surface area contributed by atoms with Gasteiger partial charge in [0.1, 0.15) is 10.8 Å². The topological polar surface area (TPSA) is 30.7 Å². The average Bonchev–Trinajstić information content (AvgIpc) is 3.30. The van der Waals surface area contributed by atoms with Crippen molar-refractivity contribution in [3.05, 3.63) is 82.8 Å². The first kappa shape index (κ1) is 17.3. The van der Waals surface area contributed by atoms with Crippen molar-refractivity contribution >= 4 is 34.7 Å². The Hall–Kier alpha value is -2.15. The van der Waals surface area contributed by atoms with Gasteiger partial charge >= 0.3 is 0 Å². The van der Waals surface area contributed by atoms with Crippen LogP contribution in [0.5, 0.6) is 0 Å². The summed E-state index contributed by atoms with van der Waals surface area (Å²) in [4.78, 5) is 9.08. The second kappa shape index (κ2) is 7.61. The minimum absolute atomic E-state index is 0.241. The monoisotopic (exact) mass is 401 g/mol. The number of aromatic nitrogens is 3. The van der Waals surface area contributed by atoms with E-state index in [1.165, 1.54) is 12.1 Å². The Morgan fingerprint density at radius 3 is 2.62 bits per heavy atom. The summed E-state index contributed by atoms with van der Waals surface area (Å²) in [5, 5.41) is 4.52. The van der Waals surface area contributed by atoms with Crippen molar-refractivity contribution in [3.63, 3.8) is 0 Å². The Bertz CT molecular complexity index is 1010. The molecule has 0 N–H and O–H groups in total. The van der Waals surface area contributed by atoms with E-state index in [2.05, 4.69) is 9.97 Å². The highest BCUT2D eigenvalue weighted by molar-refractivity contribution is 7.98. The van der Waals surface area contributed by atoms with Gasteiger partial charge < -0.3 is 0 Å². The van der Waals surface area contributed by atoms with E-state index in [0.717, 1.165) is 27.1 Å². The SMILES string of the molecule is Fc1ccc(-c2nc(CSc3nccn3-c3ccc(Cl)cc3)cs2)cc1. The molecule has 2 aromatic heterocycles. The molecule has 7 heteroatoms. The molecule has 0 unspecified atom stereocenters. The molecule has 0 fully saturated rings. The van der Waals surface area contributed by atoms with Gasteiger partial charge in [0.15, 0.2) is 5.16 Å². The minimum atomic E-state index is -0.241. The van der Waals surface area contributed by atoms with Gasteiger partial charge in [-0.15, -0.1) is 11.3 Å². The van der Waals surface area contributed by atoms with Crippen molar-refractivity contribution in [1.29, 1.82) is 0 Å². The molecule has 0 spiro atoms. The summed E-state index contributed by atoms with van der Waals surface area (Å²) in [6.07, 6.45) is 3.71. The van der Waals surface area contributed by atoms with E-state index in [9.17, 15) is 4.39 Å². The molecule has 0 saturated heterocycles. The predicted molar refractivity (Wildman–Crippen MR) is 106 cm³/mol. The molecule has 0 saturated carbocycles. The van der Waals surface area contributed by atoms with Gasteiger partial charge in [-0.2, -0.15) is 0 Å². The number of hydrogen-bond donors (Lipinski definition) is 0. The van der Waals surface area contributed by atoms with Crippen molar-refractivity contribution in [3.8, 4) is 16.3 Å². The number of thiazole rings is 1. The van der Waals surface area contributed by atoms with Crippen LogP contribution in [0.15, 0.2) is 71.5 Å². The molecule has 0 atom stereocenters. The zero-order chi connectivity index (χ0) is 17.9. The van der Waals surface area contributed by atoms with Crippen molar-refractivity contribution in [2.24, 2.45) is 0 Å². The van der Waals surface area contributed by atoms with Crippen molar-refractivity contribution in [2.45, 2.75) is 10.9 Å². The highest BCUT2D eigenvalue weighted by atomic mass is 35.5.